The quantitative estimate of drug-likeness (QED) is 0.415. The van der Waals surface area contributed by atoms with Crippen molar-refractivity contribution in [3.05, 3.63) is 0 Å². The third-order valence-corrected chi connectivity index (χ3v) is 0.552. The van der Waals surface area contributed by atoms with E-state index < -0.39 is 11.9 Å². The molecule has 0 aromatic rings. The van der Waals surface area contributed by atoms with Gasteiger partial charge in [-0.05, 0) is 0 Å². The van der Waals surface area contributed by atoms with Crippen molar-refractivity contribution in [2.45, 2.75) is 0 Å². The number of carboxylic acids is 2. The molecule has 0 radical (unpaired) electrons. The summed E-state index contributed by atoms with van der Waals surface area (Å²) in [4.78, 5) is 19.5. The summed E-state index contributed by atoms with van der Waals surface area (Å²) >= 11 is 0. The predicted molar refractivity (Wildman–Crippen MR) is 35.3 cm³/mol. The van der Waals surface area contributed by atoms with E-state index in [0.717, 1.165) is 0 Å². The number of rotatable bonds is 4. The van der Waals surface area contributed by atoms with E-state index in [2.05, 4.69) is 5.32 Å². The van der Waals surface area contributed by atoms with Crippen LogP contribution >= 0.6 is 0 Å². The van der Waals surface area contributed by atoms with E-state index in [1.807, 2.05) is 0 Å². The Kier molecular flexibility index (Phi) is 8.81. The summed E-state index contributed by atoms with van der Waals surface area (Å²) in [6.45, 7) is -0.626. The standard InChI is InChI=1S/C4H7NO4.Na.H/c6-3(7)1-5-2-4(8)9;;/h5H,1-2H2,(H,6,7)(H,8,9);;. The van der Waals surface area contributed by atoms with Gasteiger partial charge < -0.3 is 10.2 Å². The molecule has 0 saturated heterocycles. The molecule has 0 aliphatic carbocycles. The van der Waals surface area contributed by atoms with Gasteiger partial charge in [0.1, 0.15) is 0 Å². The Bertz CT molecular complexity index is 112. The summed E-state index contributed by atoms with van der Waals surface area (Å²) in [5, 5.41) is 18.1. The normalized spacial score (nSPS) is 8.00. The van der Waals surface area contributed by atoms with Gasteiger partial charge in [-0.15, -0.1) is 0 Å². The van der Waals surface area contributed by atoms with Gasteiger partial charge in [0.2, 0.25) is 0 Å². The Morgan fingerprint density at radius 3 is 1.60 bits per heavy atom. The first-order valence-electron chi connectivity index (χ1n) is 2.27. The first-order valence-corrected chi connectivity index (χ1v) is 2.27. The molecule has 0 aliphatic rings. The molecule has 0 bridgehead atoms. The number of carboxylic acid groups (broad SMARTS) is 2. The van der Waals surface area contributed by atoms with Crippen molar-refractivity contribution >= 4 is 41.5 Å². The zero-order valence-corrected chi connectivity index (χ0v) is 4.63. The van der Waals surface area contributed by atoms with E-state index in [1.54, 1.807) is 0 Å². The number of hydrogen-bond donors (Lipinski definition) is 3. The summed E-state index contributed by atoms with van der Waals surface area (Å²) in [5.41, 5.74) is 0. The topological polar surface area (TPSA) is 86.6 Å². The molecule has 0 aliphatic heterocycles. The SMILES string of the molecule is O=C(O)CNCC(=O)O.[NaH]. The van der Waals surface area contributed by atoms with Crippen molar-refractivity contribution in [2.75, 3.05) is 13.1 Å². The second-order valence-corrected chi connectivity index (χ2v) is 1.39. The number of hydrogen-bond acceptors (Lipinski definition) is 3. The molecular formula is C4H8NNaO4. The van der Waals surface area contributed by atoms with E-state index in [9.17, 15) is 9.59 Å². The maximum atomic E-state index is 9.73. The van der Waals surface area contributed by atoms with Gasteiger partial charge in [0.25, 0.3) is 0 Å². The molecule has 0 atom stereocenters. The van der Waals surface area contributed by atoms with Crippen LogP contribution in [0.1, 0.15) is 0 Å². The number of aliphatic carboxylic acids is 2. The molecule has 0 unspecified atom stereocenters. The van der Waals surface area contributed by atoms with Gasteiger partial charge in [-0.2, -0.15) is 0 Å². The molecule has 6 heteroatoms. The van der Waals surface area contributed by atoms with Crippen LogP contribution in [0.5, 0.6) is 0 Å². The van der Waals surface area contributed by atoms with Gasteiger partial charge in [0, 0.05) is 0 Å². The molecule has 0 fully saturated rings. The van der Waals surface area contributed by atoms with Crippen molar-refractivity contribution in [3.8, 4) is 0 Å². The van der Waals surface area contributed by atoms with E-state index in [1.165, 1.54) is 0 Å². The molecule has 0 saturated carbocycles. The molecule has 54 valence electrons. The molecule has 0 heterocycles. The number of nitrogens with one attached hydrogen (secondary N) is 1. The molecule has 0 amide bonds. The van der Waals surface area contributed by atoms with E-state index in [4.69, 9.17) is 10.2 Å². The van der Waals surface area contributed by atoms with Crippen molar-refractivity contribution in [1.82, 2.24) is 5.32 Å². The van der Waals surface area contributed by atoms with Crippen LogP contribution in [0.15, 0.2) is 0 Å². The second kappa shape index (κ2) is 7.01. The van der Waals surface area contributed by atoms with Crippen LogP contribution in [-0.4, -0.2) is 64.8 Å². The molecule has 5 nitrogen and oxygen atoms in total. The predicted octanol–water partition coefficient (Wildman–Crippen LogP) is -1.90. The van der Waals surface area contributed by atoms with Crippen molar-refractivity contribution < 1.29 is 19.8 Å². The molecule has 0 aromatic heterocycles. The fourth-order valence-electron chi connectivity index (χ4n) is 0.276. The summed E-state index contributed by atoms with van der Waals surface area (Å²) in [6, 6.07) is 0. The Hall–Kier alpha value is -0.100. The third-order valence-electron chi connectivity index (χ3n) is 0.552. The summed E-state index contributed by atoms with van der Waals surface area (Å²) in [7, 11) is 0. The maximum absolute atomic E-state index is 9.73. The van der Waals surface area contributed by atoms with Gasteiger partial charge >= 0.3 is 41.5 Å². The van der Waals surface area contributed by atoms with Crippen LogP contribution in [0.4, 0.5) is 0 Å². The Labute approximate surface area is 79.7 Å². The minimum atomic E-state index is -1.06. The van der Waals surface area contributed by atoms with E-state index in [0.29, 0.717) is 0 Å². The average molecular weight is 157 g/mol. The van der Waals surface area contributed by atoms with Gasteiger partial charge in [-0.1, -0.05) is 0 Å². The van der Waals surface area contributed by atoms with E-state index >= 15 is 0 Å². The van der Waals surface area contributed by atoms with Crippen LogP contribution in [0.3, 0.4) is 0 Å². The Balaban J connectivity index is 0. The van der Waals surface area contributed by atoms with Crippen LogP contribution in [-0.2, 0) is 9.59 Å². The summed E-state index contributed by atoms with van der Waals surface area (Å²) < 4.78 is 0. The molecule has 0 spiro atoms. The van der Waals surface area contributed by atoms with E-state index in [-0.39, 0.29) is 42.6 Å². The van der Waals surface area contributed by atoms with Crippen LogP contribution in [0.25, 0.3) is 0 Å². The molecule has 10 heavy (non-hydrogen) atoms. The Morgan fingerprint density at radius 1 is 1.10 bits per heavy atom. The fraction of sp³-hybridized carbons (Fsp3) is 0.500. The second-order valence-electron chi connectivity index (χ2n) is 1.39. The molecule has 0 rings (SSSR count). The molecular weight excluding hydrogens is 149 g/mol. The van der Waals surface area contributed by atoms with Crippen molar-refractivity contribution in [3.63, 3.8) is 0 Å². The van der Waals surface area contributed by atoms with Crippen molar-refractivity contribution in [2.24, 2.45) is 0 Å². The van der Waals surface area contributed by atoms with Gasteiger partial charge in [0.05, 0.1) is 13.1 Å². The first kappa shape index (κ1) is 12.6. The molecule has 3 N–H and O–H groups in total. The van der Waals surface area contributed by atoms with Gasteiger partial charge in [-0.3, -0.25) is 14.9 Å². The summed E-state index contributed by atoms with van der Waals surface area (Å²) in [6.07, 6.45) is 0. The van der Waals surface area contributed by atoms with Crippen molar-refractivity contribution in [1.29, 1.82) is 0 Å². The zero-order valence-electron chi connectivity index (χ0n) is 4.63. The number of carbonyl (C=O) groups is 2. The summed E-state index contributed by atoms with van der Waals surface area (Å²) in [5.74, 6) is -2.12. The Morgan fingerprint density at radius 2 is 1.40 bits per heavy atom. The minimum absolute atomic E-state index is 0. The average Bonchev–Trinajstić information content (AvgIpc) is 1.63. The van der Waals surface area contributed by atoms with Crippen LogP contribution in [0.2, 0.25) is 0 Å². The zero-order chi connectivity index (χ0) is 7.28. The van der Waals surface area contributed by atoms with Crippen LogP contribution in [0, 0.1) is 0 Å². The monoisotopic (exact) mass is 157 g/mol. The first-order chi connectivity index (χ1) is 4.13. The third kappa shape index (κ3) is 10.8. The van der Waals surface area contributed by atoms with Crippen LogP contribution < -0.4 is 5.32 Å². The molecule has 0 aromatic carbocycles. The van der Waals surface area contributed by atoms with Gasteiger partial charge in [-0.25, -0.2) is 0 Å². The van der Waals surface area contributed by atoms with Gasteiger partial charge in [0.15, 0.2) is 0 Å². The fourth-order valence-corrected chi connectivity index (χ4v) is 0.276.